The van der Waals surface area contributed by atoms with Crippen LogP contribution >= 0.6 is 0 Å². The molecule has 1 atom stereocenters. The lowest BCUT2D eigenvalue weighted by atomic mass is 9.89. The third-order valence-electron chi connectivity index (χ3n) is 3.41. The summed E-state index contributed by atoms with van der Waals surface area (Å²) in [7, 11) is 0. The molecule has 17 heavy (non-hydrogen) atoms. The summed E-state index contributed by atoms with van der Waals surface area (Å²) in [5, 5.41) is 1.21. The van der Waals surface area contributed by atoms with E-state index in [1.54, 1.807) is 0 Å². The summed E-state index contributed by atoms with van der Waals surface area (Å²) < 4.78 is 0. The van der Waals surface area contributed by atoms with Crippen molar-refractivity contribution in [3.8, 4) is 0 Å². The second kappa shape index (κ2) is 5.28. The van der Waals surface area contributed by atoms with Crippen molar-refractivity contribution in [1.29, 1.82) is 0 Å². The first-order valence-electron chi connectivity index (χ1n) is 6.24. The van der Waals surface area contributed by atoms with Gasteiger partial charge in [0.2, 0.25) is 0 Å². The van der Waals surface area contributed by atoms with Crippen molar-refractivity contribution < 1.29 is 0 Å². The van der Waals surface area contributed by atoms with Crippen LogP contribution in [0.5, 0.6) is 0 Å². The highest BCUT2D eigenvalue weighted by atomic mass is 14.6. The van der Waals surface area contributed by atoms with Crippen molar-refractivity contribution in [3.05, 3.63) is 42.1 Å². The zero-order valence-corrected chi connectivity index (χ0v) is 10.6. The second-order valence-corrected chi connectivity index (χ2v) is 4.97. The average molecular weight is 228 g/mol. The first kappa shape index (κ1) is 12.1. The van der Waals surface area contributed by atoms with E-state index in [4.69, 9.17) is 5.73 Å². The zero-order chi connectivity index (χ0) is 12.3. The minimum atomic E-state index is 0.559. The summed E-state index contributed by atoms with van der Waals surface area (Å²) in [5.74, 6) is 1.19. The lowest BCUT2D eigenvalue weighted by Crippen LogP contribution is -2.22. The smallest absolute Gasteiger partial charge is 0.0702 e. The van der Waals surface area contributed by atoms with Crippen LogP contribution < -0.4 is 5.73 Å². The van der Waals surface area contributed by atoms with Gasteiger partial charge in [0.05, 0.1) is 5.52 Å². The quantitative estimate of drug-likeness (QED) is 0.873. The number of nitrogens with two attached hydrogens (primary N) is 1. The maximum Gasteiger partial charge on any atom is 0.0702 e. The summed E-state index contributed by atoms with van der Waals surface area (Å²) in [4.78, 5) is 4.33. The molecule has 0 amide bonds. The number of pyridine rings is 1. The number of fused-ring (bicyclic) bond motifs is 1. The summed E-state index contributed by atoms with van der Waals surface area (Å²) in [6.07, 6.45) is 2.89. The zero-order valence-electron chi connectivity index (χ0n) is 10.6. The van der Waals surface area contributed by atoms with Crippen LogP contribution in [0.4, 0.5) is 0 Å². The van der Waals surface area contributed by atoms with Crippen molar-refractivity contribution in [2.45, 2.75) is 20.3 Å². The van der Waals surface area contributed by atoms with Crippen LogP contribution in [0.1, 0.15) is 19.4 Å². The lowest BCUT2D eigenvalue weighted by Gasteiger charge is -2.18. The van der Waals surface area contributed by atoms with Gasteiger partial charge in [-0.1, -0.05) is 26.0 Å². The molecule has 1 unspecified atom stereocenters. The highest BCUT2D eigenvalue weighted by molar-refractivity contribution is 5.78. The molecule has 0 fully saturated rings. The van der Waals surface area contributed by atoms with Gasteiger partial charge in [0, 0.05) is 11.6 Å². The normalized spacial score (nSPS) is 13.2. The van der Waals surface area contributed by atoms with Crippen LogP contribution in [0, 0.1) is 11.8 Å². The molecule has 0 aliphatic heterocycles. The standard InChI is InChI=1S/C15H20N2/c1-11(2)14(10-16)9-12-5-6-15-13(8-12)4-3-7-17-15/h3-8,11,14H,9-10,16H2,1-2H3. The third-order valence-corrected chi connectivity index (χ3v) is 3.41. The molecule has 0 aliphatic rings. The van der Waals surface area contributed by atoms with E-state index in [-0.39, 0.29) is 0 Å². The molecule has 2 nitrogen and oxygen atoms in total. The highest BCUT2D eigenvalue weighted by Crippen LogP contribution is 2.19. The first-order valence-corrected chi connectivity index (χ1v) is 6.24. The van der Waals surface area contributed by atoms with Gasteiger partial charge in [-0.05, 0) is 48.6 Å². The molecule has 1 heterocycles. The van der Waals surface area contributed by atoms with Crippen molar-refractivity contribution in [2.24, 2.45) is 17.6 Å². The van der Waals surface area contributed by atoms with E-state index < -0.39 is 0 Å². The lowest BCUT2D eigenvalue weighted by molar-refractivity contribution is 0.392. The number of hydrogen-bond acceptors (Lipinski definition) is 2. The number of rotatable bonds is 4. The molecule has 0 spiro atoms. The van der Waals surface area contributed by atoms with E-state index >= 15 is 0 Å². The summed E-state index contributed by atoms with van der Waals surface area (Å²) >= 11 is 0. The van der Waals surface area contributed by atoms with Crippen LogP contribution in [0.15, 0.2) is 36.5 Å². The Morgan fingerprint density at radius 3 is 2.76 bits per heavy atom. The Kier molecular flexibility index (Phi) is 3.75. The number of aromatic nitrogens is 1. The van der Waals surface area contributed by atoms with Gasteiger partial charge < -0.3 is 5.73 Å². The molecule has 0 saturated carbocycles. The summed E-state index contributed by atoms with van der Waals surface area (Å²) in [6, 6.07) is 10.6. The van der Waals surface area contributed by atoms with Gasteiger partial charge >= 0.3 is 0 Å². The molecule has 0 radical (unpaired) electrons. The van der Waals surface area contributed by atoms with Crippen LogP contribution in [0.2, 0.25) is 0 Å². The molecule has 0 bridgehead atoms. The predicted octanol–water partition coefficient (Wildman–Crippen LogP) is 3.01. The molecule has 1 aromatic heterocycles. The Balaban J connectivity index is 2.24. The van der Waals surface area contributed by atoms with Gasteiger partial charge in [-0.3, -0.25) is 4.98 Å². The topological polar surface area (TPSA) is 38.9 Å². The SMILES string of the molecule is CC(C)C(CN)Cc1ccc2ncccc2c1. The molecule has 0 aliphatic carbocycles. The summed E-state index contributed by atoms with van der Waals surface area (Å²) in [5.41, 5.74) is 8.24. The van der Waals surface area contributed by atoms with Crippen LogP contribution in [-0.2, 0) is 6.42 Å². The Morgan fingerprint density at radius 1 is 1.24 bits per heavy atom. The van der Waals surface area contributed by atoms with E-state index in [1.165, 1.54) is 10.9 Å². The number of nitrogens with zero attached hydrogens (tertiary/aromatic N) is 1. The molecular formula is C15H20N2. The van der Waals surface area contributed by atoms with Crippen molar-refractivity contribution >= 4 is 10.9 Å². The fourth-order valence-electron chi connectivity index (χ4n) is 2.15. The molecule has 90 valence electrons. The highest BCUT2D eigenvalue weighted by Gasteiger charge is 2.12. The molecule has 1 aromatic carbocycles. The maximum atomic E-state index is 5.82. The second-order valence-electron chi connectivity index (χ2n) is 4.97. The summed E-state index contributed by atoms with van der Waals surface area (Å²) in [6.45, 7) is 5.23. The van der Waals surface area contributed by atoms with Crippen LogP contribution in [-0.4, -0.2) is 11.5 Å². The minimum Gasteiger partial charge on any atom is -0.330 e. The largest absolute Gasteiger partial charge is 0.330 e. The fourth-order valence-corrected chi connectivity index (χ4v) is 2.15. The third kappa shape index (κ3) is 2.83. The Labute approximate surface area is 103 Å². The minimum absolute atomic E-state index is 0.559. The number of benzene rings is 1. The molecule has 2 heteroatoms. The number of hydrogen-bond donors (Lipinski definition) is 1. The molecule has 0 saturated heterocycles. The molecule has 2 rings (SSSR count). The van der Waals surface area contributed by atoms with Gasteiger partial charge in [-0.25, -0.2) is 0 Å². The predicted molar refractivity (Wildman–Crippen MR) is 72.8 cm³/mol. The van der Waals surface area contributed by atoms with Gasteiger partial charge in [-0.2, -0.15) is 0 Å². The maximum absolute atomic E-state index is 5.82. The van der Waals surface area contributed by atoms with Gasteiger partial charge in [-0.15, -0.1) is 0 Å². The first-order chi connectivity index (χ1) is 8.20. The van der Waals surface area contributed by atoms with Crippen molar-refractivity contribution in [1.82, 2.24) is 4.98 Å². The van der Waals surface area contributed by atoms with E-state index in [9.17, 15) is 0 Å². The average Bonchev–Trinajstić information content (AvgIpc) is 2.35. The molecule has 2 aromatic rings. The Bertz CT molecular complexity index is 491. The van der Waals surface area contributed by atoms with E-state index in [0.29, 0.717) is 11.8 Å². The van der Waals surface area contributed by atoms with Crippen molar-refractivity contribution in [2.75, 3.05) is 6.54 Å². The van der Waals surface area contributed by atoms with E-state index in [0.717, 1.165) is 18.5 Å². The van der Waals surface area contributed by atoms with E-state index in [2.05, 4.69) is 43.1 Å². The van der Waals surface area contributed by atoms with Gasteiger partial charge in [0.15, 0.2) is 0 Å². The Morgan fingerprint density at radius 2 is 2.06 bits per heavy atom. The van der Waals surface area contributed by atoms with E-state index in [1.807, 2.05) is 12.3 Å². The van der Waals surface area contributed by atoms with Gasteiger partial charge in [0.1, 0.15) is 0 Å². The Hall–Kier alpha value is -1.41. The van der Waals surface area contributed by atoms with Crippen LogP contribution in [0.3, 0.4) is 0 Å². The van der Waals surface area contributed by atoms with Gasteiger partial charge in [0.25, 0.3) is 0 Å². The van der Waals surface area contributed by atoms with Crippen LogP contribution in [0.25, 0.3) is 10.9 Å². The van der Waals surface area contributed by atoms with Crippen molar-refractivity contribution in [3.63, 3.8) is 0 Å². The fraction of sp³-hybridized carbons (Fsp3) is 0.400. The molecule has 2 N–H and O–H groups in total. The molecular weight excluding hydrogens is 208 g/mol. The monoisotopic (exact) mass is 228 g/mol.